The second-order valence-electron chi connectivity index (χ2n) is 5.71. The number of aromatic nitrogens is 1. The summed E-state index contributed by atoms with van der Waals surface area (Å²) in [7, 11) is 0. The number of nitrogens with one attached hydrogen (secondary N) is 1. The standard InChI is InChI=1S/C19H9NO4/c21-15-9-5-1-2-6-10(9)16(22)18-13(15)14-17(24-18)11-7-3-4-8-12(11)20-19(14)23/h1-8H,(H,20,23). The molecular weight excluding hydrogens is 306 g/mol. The molecule has 114 valence electrons. The molecule has 0 saturated heterocycles. The Labute approximate surface area is 134 Å². The third-order valence-electron chi connectivity index (χ3n) is 4.40. The Morgan fingerprint density at radius 2 is 1.46 bits per heavy atom. The first-order valence-electron chi connectivity index (χ1n) is 7.43. The van der Waals surface area contributed by atoms with Crippen molar-refractivity contribution in [2.45, 2.75) is 0 Å². The van der Waals surface area contributed by atoms with Gasteiger partial charge in [0.25, 0.3) is 5.56 Å². The smallest absolute Gasteiger partial charge is 0.260 e. The van der Waals surface area contributed by atoms with Crippen LogP contribution in [0.15, 0.2) is 57.7 Å². The normalized spacial score (nSPS) is 13.3. The van der Waals surface area contributed by atoms with E-state index < -0.39 is 5.56 Å². The maximum absolute atomic E-state index is 12.9. The van der Waals surface area contributed by atoms with Gasteiger partial charge >= 0.3 is 0 Å². The lowest BCUT2D eigenvalue weighted by Gasteiger charge is -2.12. The number of carbonyl (C=O) groups excluding carboxylic acids is 2. The number of furan rings is 1. The molecule has 0 saturated carbocycles. The van der Waals surface area contributed by atoms with E-state index in [4.69, 9.17) is 4.42 Å². The van der Waals surface area contributed by atoms with E-state index in [1.165, 1.54) is 0 Å². The highest BCUT2D eigenvalue weighted by Gasteiger charge is 2.36. The van der Waals surface area contributed by atoms with Gasteiger partial charge in [0.15, 0.2) is 17.1 Å². The van der Waals surface area contributed by atoms with E-state index in [1.807, 2.05) is 0 Å². The summed E-state index contributed by atoms with van der Waals surface area (Å²) < 4.78 is 5.73. The van der Waals surface area contributed by atoms with Gasteiger partial charge in [-0.25, -0.2) is 0 Å². The number of carbonyl (C=O) groups is 2. The third-order valence-corrected chi connectivity index (χ3v) is 4.40. The zero-order valence-corrected chi connectivity index (χ0v) is 12.3. The molecule has 0 spiro atoms. The lowest BCUT2D eigenvalue weighted by molar-refractivity contribution is 0.0962. The lowest BCUT2D eigenvalue weighted by Crippen LogP contribution is -2.20. The van der Waals surface area contributed by atoms with Crippen molar-refractivity contribution >= 4 is 33.4 Å². The number of hydrogen-bond acceptors (Lipinski definition) is 4. The monoisotopic (exact) mass is 315 g/mol. The van der Waals surface area contributed by atoms with Crippen LogP contribution in [0.5, 0.6) is 0 Å². The molecule has 5 nitrogen and oxygen atoms in total. The zero-order valence-electron chi connectivity index (χ0n) is 12.3. The number of aromatic amines is 1. The summed E-state index contributed by atoms with van der Waals surface area (Å²) in [5.74, 6) is -0.796. The number of pyridine rings is 1. The first-order valence-corrected chi connectivity index (χ1v) is 7.43. The predicted molar refractivity (Wildman–Crippen MR) is 87.6 cm³/mol. The highest BCUT2D eigenvalue weighted by Crippen LogP contribution is 2.35. The van der Waals surface area contributed by atoms with Crippen LogP contribution >= 0.6 is 0 Å². The largest absolute Gasteiger partial charge is 0.451 e. The molecule has 5 heteroatoms. The molecule has 0 unspecified atom stereocenters. The van der Waals surface area contributed by atoms with Crippen molar-refractivity contribution in [2.24, 2.45) is 0 Å². The van der Waals surface area contributed by atoms with Crippen LogP contribution in [0, 0.1) is 0 Å². The van der Waals surface area contributed by atoms with Crippen molar-refractivity contribution in [2.75, 3.05) is 0 Å². The van der Waals surface area contributed by atoms with E-state index in [1.54, 1.807) is 48.5 Å². The summed E-state index contributed by atoms with van der Waals surface area (Å²) in [5.41, 5.74) is 1.09. The van der Waals surface area contributed by atoms with Crippen LogP contribution in [0.25, 0.3) is 21.9 Å². The molecule has 0 bridgehead atoms. The Morgan fingerprint density at radius 1 is 0.792 bits per heavy atom. The molecule has 4 aromatic rings. The van der Waals surface area contributed by atoms with Crippen molar-refractivity contribution in [3.63, 3.8) is 0 Å². The quantitative estimate of drug-likeness (QED) is 0.476. The molecule has 1 N–H and O–H groups in total. The number of fused-ring (bicyclic) bond motifs is 6. The van der Waals surface area contributed by atoms with Crippen LogP contribution in [-0.2, 0) is 0 Å². The third kappa shape index (κ3) is 1.46. The fourth-order valence-electron chi connectivity index (χ4n) is 3.33. The van der Waals surface area contributed by atoms with Gasteiger partial charge in [0, 0.05) is 16.5 Å². The molecule has 2 heterocycles. The zero-order chi connectivity index (χ0) is 16.4. The topological polar surface area (TPSA) is 80.1 Å². The van der Waals surface area contributed by atoms with Gasteiger partial charge in [0.05, 0.1) is 16.5 Å². The van der Waals surface area contributed by atoms with Gasteiger partial charge in [0.1, 0.15) is 0 Å². The minimum absolute atomic E-state index is 0.0562. The number of ketones is 2. The predicted octanol–water partition coefficient (Wildman–Crippen LogP) is 3.05. The maximum atomic E-state index is 12.9. The van der Waals surface area contributed by atoms with Crippen LogP contribution < -0.4 is 5.56 Å². The van der Waals surface area contributed by atoms with Gasteiger partial charge in [-0.15, -0.1) is 0 Å². The van der Waals surface area contributed by atoms with Crippen LogP contribution in [-0.4, -0.2) is 16.6 Å². The molecule has 0 atom stereocenters. The second kappa shape index (κ2) is 4.29. The number of rotatable bonds is 0. The van der Waals surface area contributed by atoms with Crippen LogP contribution in [0.2, 0.25) is 0 Å². The van der Waals surface area contributed by atoms with Crippen molar-refractivity contribution in [3.8, 4) is 0 Å². The number of H-pyrrole nitrogens is 1. The fraction of sp³-hybridized carbons (Fsp3) is 0. The minimum atomic E-state index is -0.436. The van der Waals surface area contributed by atoms with Gasteiger partial charge in [-0.3, -0.25) is 14.4 Å². The molecular formula is C19H9NO4. The summed E-state index contributed by atoms with van der Waals surface area (Å²) in [6.07, 6.45) is 0. The number of hydrogen-bond donors (Lipinski definition) is 1. The Hall–Kier alpha value is -3.47. The van der Waals surface area contributed by atoms with E-state index in [-0.39, 0.29) is 33.9 Å². The molecule has 5 rings (SSSR count). The molecule has 0 fully saturated rings. The molecule has 1 aliphatic carbocycles. The SMILES string of the molecule is O=C1c2ccccc2C(=O)c2c1oc1c2c(=O)[nH]c2ccccc21. The molecule has 0 radical (unpaired) electrons. The van der Waals surface area contributed by atoms with Crippen molar-refractivity contribution in [3.05, 3.63) is 81.3 Å². The summed E-state index contributed by atoms with van der Waals surface area (Å²) in [5, 5.41) is 0.794. The van der Waals surface area contributed by atoms with Crippen LogP contribution in [0.3, 0.4) is 0 Å². The van der Waals surface area contributed by atoms with E-state index in [0.717, 1.165) is 0 Å². The van der Waals surface area contributed by atoms with Crippen LogP contribution in [0.1, 0.15) is 32.0 Å². The number of para-hydroxylation sites is 1. The average molecular weight is 315 g/mol. The Kier molecular flexibility index (Phi) is 2.33. The summed E-state index contributed by atoms with van der Waals surface area (Å²) in [6.45, 7) is 0. The molecule has 0 aliphatic heterocycles. The number of benzene rings is 2. The van der Waals surface area contributed by atoms with Crippen molar-refractivity contribution in [1.29, 1.82) is 0 Å². The first-order chi connectivity index (χ1) is 11.7. The van der Waals surface area contributed by atoms with E-state index in [9.17, 15) is 14.4 Å². The van der Waals surface area contributed by atoms with Crippen LogP contribution in [0.4, 0.5) is 0 Å². The van der Waals surface area contributed by atoms with Gasteiger partial charge in [-0.2, -0.15) is 0 Å². The molecule has 24 heavy (non-hydrogen) atoms. The van der Waals surface area contributed by atoms with Gasteiger partial charge < -0.3 is 9.40 Å². The average Bonchev–Trinajstić information content (AvgIpc) is 3.02. The summed E-state index contributed by atoms with van der Waals surface area (Å²) >= 11 is 0. The Morgan fingerprint density at radius 3 is 2.25 bits per heavy atom. The highest BCUT2D eigenvalue weighted by atomic mass is 16.3. The van der Waals surface area contributed by atoms with E-state index >= 15 is 0 Å². The lowest BCUT2D eigenvalue weighted by atomic mass is 9.87. The van der Waals surface area contributed by atoms with Crippen molar-refractivity contribution < 1.29 is 14.0 Å². The van der Waals surface area contributed by atoms with E-state index in [2.05, 4.69) is 4.98 Å². The van der Waals surface area contributed by atoms with Gasteiger partial charge in [-0.05, 0) is 12.1 Å². The summed E-state index contributed by atoms with van der Waals surface area (Å²) in [4.78, 5) is 40.8. The minimum Gasteiger partial charge on any atom is -0.451 e. The summed E-state index contributed by atoms with van der Waals surface area (Å²) in [6, 6.07) is 13.7. The Balaban J connectivity index is 2.00. The van der Waals surface area contributed by atoms with E-state index in [0.29, 0.717) is 22.0 Å². The van der Waals surface area contributed by atoms with Gasteiger partial charge in [0.2, 0.25) is 5.78 Å². The maximum Gasteiger partial charge on any atom is 0.260 e. The van der Waals surface area contributed by atoms with Crippen molar-refractivity contribution in [1.82, 2.24) is 4.98 Å². The molecule has 1 aliphatic rings. The Bertz CT molecular complexity index is 1260. The molecule has 2 aromatic carbocycles. The molecule has 2 aromatic heterocycles. The fourth-order valence-corrected chi connectivity index (χ4v) is 3.33. The first kappa shape index (κ1) is 13.0. The molecule has 0 amide bonds. The van der Waals surface area contributed by atoms with Gasteiger partial charge in [-0.1, -0.05) is 36.4 Å². The highest BCUT2D eigenvalue weighted by molar-refractivity contribution is 6.32. The second-order valence-corrected chi connectivity index (χ2v) is 5.71.